The van der Waals surface area contributed by atoms with Crippen molar-refractivity contribution in [3.05, 3.63) is 41.0 Å². The van der Waals surface area contributed by atoms with E-state index in [1.54, 1.807) is 0 Å². The van der Waals surface area contributed by atoms with Crippen LogP contribution in [0, 0.1) is 5.92 Å². The molecule has 0 atom stereocenters. The van der Waals surface area contributed by atoms with E-state index in [2.05, 4.69) is 26.8 Å². The van der Waals surface area contributed by atoms with Crippen molar-refractivity contribution >= 4 is 5.70 Å². The number of hydrogen-bond acceptors (Lipinski definition) is 2. The molecule has 0 saturated carbocycles. The lowest BCUT2D eigenvalue weighted by atomic mass is 9.98. The fourth-order valence-corrected chi connectivity index (χ4v) is 1.83. The maximum atomic E-state index is 6.15. The summed E-state index contributed by atoms with van der Waals surface area (Å²) in [6.45, 7) is 7.06. The molecule has 0 aliphatic rings. The highest BCUT2D eigenvalue weighted by atomic mass is 14.6. The van der Waals surface area contributed by atoms with Crippen LogP contribution in [0.25, 0.3) is 5.70 Å². The molecule has 16 heavy (non-hydrogen) atoms. The van der Waals surface area contributed by atoms with E-state index >= 15 is 0 Å². The third-order valence-corrected chi connectivity index (χ3v) is 2.65. The molecule has 88 valence electrons. The second kappa shape index (κ2) is 5.71. The lowest BCUT2D eigenvalue weighted by Gasteiger charge is -2.11. The molecule has 0 spiro atoms. The van der Waals surface area contributed by atoms with Crippen molar-refractivity contribution in [1.82, 2.24) is 0 Å². The van der Waals surface area contributed by atoms with E-state index < -0.39 is 0 Å². The van der Waals surface area contributed by atoms with Crippen molar-refractivity contribution in [2.24, 2.45) is 17.4 Å². The number of hydrogen-bond donors (Lipinski definition) is 2. The predicted octanol–water partition coefficient (Wildman–Crippen LogP) is 2.88. The van der Waals surface area contributed by atoms with Gasteiger partial charge in [-0.25, -0.2) is 0 Å². The molecule has 0 aliphatic heterocycles. The second-order valence-electron chi connectivity index (χ2n) is 4.70. The Balaban J connectivity index is 2.98. The van der Waals surface area contributed by atoms with Gasteiger partial charge < -0.3 is 11.5 Å². The number of benzene rings is 1. The summed E-state index contributed by atoms with van der Waals surface area (Å²) in [6, 6.07) is 8.14. The topological polar surface area (TPSA) is 52.0 Å². The van der Waals surface area contributed by atoms with E-state index in [0.717, 1.165) is 23.2 Å². The van der Waals surface area contributed by atoms with Gasteiger partial charge in [0.2, 0.25) is 0 Å². The molecule has 0 amide bonds. The number of allylic oxidation sites excluding steroid dienone is 1. The smallest absolute Gasteiger partial charge is 0.0376 e. The Morgan fingerprint density at radius 2 is 2.00 bits per heavy atom. The number of rotatable bonds is 4. The third-order valence-electron chi connectivity index (χ3n) is 2.65. The molecule has 0 unspecified atom stereocenters. The third kappa shape index (κ3) is 3.38. The van der Waals surface area contributed by atoms with Crippen LogP contribution in [0.4, 0.5) is 0 Å². The average Bonchev–Trinajstić information content (AvgIpc) is 2.27. The van der Waals surface area contributed by atoms with Gasteiger partial charge in [0.15, 0.2) is 0 Å². The van der Waals surface area contributed by atoms with E-state index in [-0.39, 0.29) is 0 Å². The Morgan fingerprint density at radius 3 is 2.56 bits per heavy atom. The Hall–Kier alpha value is -1.28. The lowest BCUT2D eigenvalue weighted by molar-refractivity contribution is 0.643. The van der Waals surface area contributed by atoms with Gasteiger partial charge in [-0.15, -0.1) is 0 Å². The van der Waals surface area contributed by atoms with Gasteiger partial charge in [-0.05, 0) is 42.0 Å². The highest BCUT2D eigenvalue weighted by Crippen LogP contribution is 2.19. The Bertz CT molecular complexity index is 378. The summed E-state index contributed by atoms with van der Waals surface area (Å²) in [4.78, 5) is 0. The summed E-state index contributed by atoms with van der Waals surface area (Å²) >= 11 is 0. The van der Waals surface area contributed by atoms with E-state index in [1.165, 1.54) is 5.57 Å². The first kappa shape index (κ1) is 12.8. The molecule has 0 radical (unpaired) electrons. The van der Waals surface area contributed by atoms with Crippen LogP contribution in [0.1, 0.15) is 38.3 Å². The first-order chi connectivity index (χ1) is 7.54. The summed E-state index contributed by atoms with van der Waals surface area (Å²) in [5, 5.41) is 0. The fourth-order valence-electron chi connectivity index (χ4n) is 1.83. The molecule has 0 aliphatic carbocycles. The van der Waals surface area contributed by atoms with Crippen LogP contribution < -0.4 is 11.5 Å². The van der Waals surface area contributed by atoms with E-state index in [0.29, 0.717) is 12.5 Å². The van der Waals surface area contributed by atoms with Gasteiger partial charge >= 0.3 is 0 Å². The minimum absolute atomic E-state index is 0.560. The highest BCUT2D eigenvalue weighted by Gasteiger charge is 2.04. The van der Waals surface area contributed by atoms with Crippen LogP contribution in [0.15, 0.2) is 29.8 Å². The highest BCUT2D eigenvalue weighted by molar-refractivity contribution is 5.66. The minimum Gasteiger partial charge on any atom is -0.398 e. The number of nitrogens with two attached hydrogens (primary N) is 2. The maximum Gasteiger partial charge on any atom is 0.0376 e. The van der Waals surface area contributed by atoms with Crippen molar-refractivity contribution in [2.45, 2.75) is 33.7 Å². The largest absolute Gasteiger partial charge is 0.398 e. The van der Waals surface area contributed by atoms with Gasteiger partial charge in [-0.1, -0.05) is 32.0 Å². The van der Waals surface area contributed by atoms with Crippen LogP contribution in [0.2, 0.25) is 0 Å². The molecule has 0 aromatic heterocycles. The Kier molecular flexibility index (Phi) is 4.56. The summed E-state index contributed by atoms with van der Waals surface area (Å²) < 4.78 is 0. The van der Waals surface area contributed by atoms with Crippen molar-refractivity contribution < 1.29 is 0 Å². The summed E-state index contributed by atoms with van der Waals surface area (Å²) in [7, 11) is 0. The molecular formula is C14H22N2. The van der Waals surface area contributed by atoms with Gasteiger partial charge in [0.05, 0.1) is 0 Å². The minimum atomic E-state index is 0.560. The van der Waals surface area contributed by atoms with Crippen molar-refractivity contribution in [1.29, 1.82) is 0 Å². The summed E-state index contributed by atoms with van der Waals surface area (Å²) in [6.07, 6.45) is 1.04. The average molecular weight is 218 g/mol. The molecular weight excluding hydrogens is 196 g/mol. The van der Waals surface area contributed by atoms with Gasteiger partial charge in [0, 0.05) is 12.2 Å². The molecule has 4 N–H and O–H groups in total. The molecule has 0 bridgehead atoms. The van der Waals surface area contributed by atoms with Crippen LogP contribution in [0.5, 0.6) is 0 Å². The van der Waals surface area contributed by atoms with Crippen LogP contribution in [0.3, 0.4) is 0 Å². The monoisotopic (exact) mass is 218 g/mol. The van der Waals surface area contributed by atoms with Crippen LogP contribution in [-0.4, -0.2) is 0 Å². The molecule has 1 aromatic rings. The van der Waals surface area contributed by atoms with Gasteiger partial charge in [-0.3, -0.25) is 0 Å². The zero-order chi connectivity index (χ0) is 12.1. The molecule has 0 saturated heterocycles. The molecule has 2 heteroatoms. The summed E-state index contributed by atoms with van der Waals surface area (Å²) in [5.74, 6) is 0.635. The van der Waals surface area contributed by atoms with E-state index in [9.17, 15) is 0 Å². The van der Waals surface area contributed by atoms with Gasteiger partial charge in [0.1, 0.15) is 0 Å². The molecule has 0 heterocycles. The lowest BCUT2D eigenvalue weighted by Crippen LogP contribution is -2.04. The maximum absolute atomic E-state index is 6.15. The second-order valence-corrected chi connectivity index (χ2v) is 4.70. The molecule has 1 aromatic carbocycles. The first-order valence-electron chi connectivity index (χ1n) is 5.79. The predicted molar refractivity (Wildman–Crippen MR) is 70.6 cm³/mol. The van der Waals surface area contributed by atoms with Crippen molar-refractivity contribution in [3.63, 3.8) is 0 Å². The fraction of sp³-hybridized carbons (Fsp3) is 0.429. The Morgan fingerprint density at radius 1 is 1.31 bits per heavy atom. The van der Waals surface area contributed by atoms with Crippen molar-refractivity contribution in [3.8, 4) is 0 Å². The normalized spacial score (nSPS) is 12.8. The van der Waals surface area contributed by atoms with Gasteiger partial charge in [0.25, 0.3) is 0 Å². The quantitative estimate of drug-likeness (QED) is 0.816. The van der Waals surface area contributed by atoms with Crippen LogP contribution in [-0.2, 0) is 6.54 Å². The standard InChI is InChI=1S/C14H22N2/c1-10(2)7-11(3)14(16)13-6-4-5-12(8-13)9-15/h4-6,8,10H,7,9,15-16H2,1-3H3. The van der Waals surface area contributed by atoms with E-state index in [4.69, 9.17) is 11.5 Å². The molecule has 2 nitrogen and oxygen atoms in total. The first-order valence-corrected chi connectivity index (χ1v) is 5.79. The zero-order valence-corrected chi connectivity index (χ0v) is 10.5. The Labute approximate surface area is 98.3 Å². The van der Waals surface area contributed by atoms with Crippen molar-refractivity contribution in [2.75, 3.05) is 0 Å². The SMILES string of the molecule is CC(CC(C)C)=C(N)c1cccc(CN)c1. The zero-order valence-electron chi connectivity index (χ0n) is 10.5. The summed E-state index contributed by atoms with van der Waals surface area (Å²) in [5.41, 5.74) is 16.1. The van der Waals surface area contributed by atoms with E-state index in [1.807, 2.05) is 18.2 Å². The molecule has 1 rings (SSSR count). The van der Waals surface area contributed by atoms with Gasteiger partial charge in [-0.2, -0.15) is 0 Å². The van der Waals surface area contributed by atoms with Crippen LogP contribution >= 0.6 is 0 Å². The molecule has 0 fully saturated rings.